The Morgan fingerprint density at radius 3 is 1.70 bits per heavy atom. The molecule has 2 aliphatic heterocycles. The summed E-state index contributed by atoms with van der Waals surface area (Å²) >= 11 is 0. The molecular weight excluding hydrogens is 723 g/mol. The molecule has 3 heteroatoms. The van der Waals surface area contributed by atoms with Crippen molar-refractivity contribution in [3.63, 3.8) is 0 Å². The number of benzene rings is 7. The molecule has 298 valence electrons. The maximum Gasteiger partial charge on any atom is 0.247 e. The number of hydrogen-bond acceptors (Lipinski definition) is 1. The van der Waals surface area contributed by atoms with Gasteiger partial charge in [0.05, 0.1) is 11.0 Å². The van der Waals surface area contributed by atoms with Crippen LogP contribution in [0, 0.1) is 0 Å². The van der Waals surface area contributed by atoms with Crippen molar-refractivity contribution in [3.8, 4) is 16.8 Å². The van der Waals surface area contributed by atoms with E-state index < -0.39 is 0 Å². The summed E-state index contributed by atoms with van der Waals surface area (Å²) in [5.41, 5.74) is 21.0. The summed E-state index contributed by atoms with van der Waals surface area (Å²) in [6.45, 7) is 26.1. The van der Waals surface area contributed by atoms with Gasteiger partial charge in [0.15, 0.2) is 0 Å². The van der Waals surface area contributed by atoms with Crippen LogP contribution in [0.25, 0.3) is 38.6 Å². The van der Waals surface area contributed by atoms with E-state index in [1.807, 2.05) is 0 Å². The molecule has 0 radical (unpaired) electrons. The van der Waals surface area contributed by atoms with Crippen LogP contribution in [-0.2, 0) is 21.7 Å². The van der Waals surface area contributed by atoms with Gasteiger partial charge in [0.2, 0.25) is 6.71 Å². The highest BCUT2D eigenvalue weighted by atomic mass is 15.2. The van der Waals surface area contributed by atoms with Gasteiger partial charge >= 0.3 is 0 Å². The first-order valence-electron chi connectivity index (χ1n) is 21.9. The quantitative estimate of drug-likeness (QED) is 0.162. The van der Waals surface area contributed by atoms with Gasteiger partial charge in [0, 0.05) is 38.9 Å². The SMILES string of the molecule is CC(C)(C)c1ccc(N2c3ccc(C(C)(C)C)cc3B3c4ccc(-c5cccc(-n6c7ccccc7c7ccccc76)c5)cc4C(C)(C)c4c(C(C)(C)C)ccc2c43)cc1. The highest BCUT2D eigenvalue weighted by Crippen LogP contribution is 2.47. The van der Waals surface area contributed by atoms with Gasteiger partial charge in [-0.1, -0.05) is 179 Å². The highest BCUT2D eigenvalue weighted by Gasteiger charge is 2.48. The van der Waals surface area contributed by atoms with Crippen molar-refractivity contribution < 1.29 is 0 Å². The van der Waals surface area contributed by atoms with Gasteiger partial charge in [0.1, 0.15) is 0 Å². The molecule has 0 atom stereocenters. The van der Waals surface area contributed by atoms with Crippen LogP contribution in [0.5, 0.6) is 0 Å². The Balaban J connectivity index is 1.20. The van der Waals surface area contributed by atoms with Crippen LogP contribution < -0.4 is 21.3 Å². The second-order valence-electron chi connectivity index (χ2n) is 21.1. The van der Waals surface area contributed by atoms with Crippen LogP contribution in [0.3, 0.4) is 0 Å². The standard InChI is InChI=1S/C57H57BN2/c1-54(2,3)38-24-27-40(28-25-38)59-50-31-26-39(55(4,5)6)35-47(50)58-46-30-23-37(34-45(46)57(10,11)52-44(56(7,8)9)29-32-51(59)53(52)58)36-17-16-18-41(33-36)60-48-21-14-12-19-42(48)43-20-13-15-22-49(43)60/h12-35H,1-11H3. The molecule has 0 N–H and O–H groups in total. The van der Waals surface area contributed by atoms with Gasteiger partial charge < -0.3 is 9.47 Å². The first-order chi connectivity index (χ1) is 28.4. The number of hydrogen-bond donors (Lipinski definition) is 0. The predicted molar refractivity (Wildman–Crippen MR) is 260 cm³/mol. The Morgan fingerprint density at radius 1 is 0.467 bits per heavy atom. The first kappa shape index (κ1) is 38.4. The van der Waals surface area contributed by atoms with E-state index in [4.69, 9.17) is 0 Å². The molecule has 10 rings (SSSR count). The largest absolute Gasteiger partial charge is 0.312 e. The zero-order chi connectivity index (χ0) is 42.1. The first-order valence-corrected chi connectivity index (χ1v) is 21.9. The molecule has 60 heavy (non-hydrogen) atoms. The molecule has 0 fully saturated rings. The number of rotatable bonds is 3. The monoisotopic (exact) mass is 780 g/mol. The summed E-state index contributed by atoms with van der Waals surface area (Å²) in [4.78, 5) is 2.56. The third-order valence-electron chi connectivity index (χ3n) is 13.7. The van der Waals surface area contributed by atoms with E-state index in [0.29, 0.717) is 0 Å². The van der Waals surface area contributed by atoms with E-state index in [2.05, 4.69) is 231 Å². The Kier molecular flexibility index (Phi) is 8.39. The van der Waals surface area contributed by atoms with Crippen LogP contribution in [0.1, 0.15) is 104 Å². The van der Waals surface area contributed by atoms with Crippen molar-refractivity contribution in [2.24, 2.45) is 0 Å². The normalized spacial score (nSPS) is 14.7. The molecule has 0 saturated carbocycles. The average molecular weight is 781 g/mol. The lowest BCUT2D eigenvalue weighted by atomic mass is 9.29. The lowest BCUT2D eigenvalue weighted by Crippen LogP contribution is -2.64. The van der Waals surface area contributed by atoms with Crippen LogP contribution >= 0.6 is 0 Å². The smallest absolute Gasteiger partial charge is 0.247 e. The number of para-hydroxylation sites is 2. The van der Waals surface area contributed by atoms with E-state index in [-0.39, 0.29) is 28.4 Å². The molecule has 1 aromatic heterocycles. The van der Waals surface area contributed by atoms with Gasteiger partial charge in [-0.25, -0.2) is 0 Å². The van der Waals surface area contributed by atoms with Crippen LogP contribution in [-0.4, -0.2) is 11.3 Å². The van der Waals surface area contributed by atoms with Crippen molar-refractivity contribution in [2.45, 2.75) is 97.8 Å². The summed E-state index contributed by atoms with van der Waals surface area (Å²) in [5, 5.41) is 2.56. The molecular formula is C57H57BN2. The van der Waals surface area contributed by atoms with Crippen LogP contribution in [0.2, 0.25) is 0 Å². The van der Waals surface area contributed by atoms with Crippen molar-refractivity contribution in [1.29, 1.82) is 0 Å². The topological polar surface area (TPSA) is 8.17 Å². The minimum absolute atomic E-state index is 0.00654. The maximum atomic E-state index is 2.56. The highest BCUT2D eigenvalue weighted by molar-refractivity contribution is 6.99. The van der Waals surface area contributed by atoms with Gasteiger partial charge in [-0.05, 0) is 115 Å². The fraction of sp³-hybridized carbons (Fsp3) is 0.263. The Labute approximate surface area is 358 Å². The minimum atomic E-state index is -0.263. The Morgan fingerprint density at radius 2 is 1.07 bits per heavy atom. The van der Waals surface area contributed by atoms with E-state index in [1.54, 1.807) is 0 Å². The molecule has 8 aromatic rings. The summed E-state index contributed by atoms with van der Waals surface area (Å²) in [7, 11) is 0. The summed E-state index contributed by atoms with van der Waals surface area (Å²) < 4.78 is 2.43. The molecule has 2 aliphatic rings. The molecule has 0 saturated heterocycles. The van der Waals surface area contributed by atoms with Crippen molar-refractivity contribution in [2.75, 3.05) is 4.90 Å². The number of nitrogens with zero attached hydrogens (tertiary/aromatic N) is 2. The van der Waals surface area contributed by atoms with Crippen molar-refractivity contribution in [1.82, 2.24) is 4.57 Å². The molecule has 2 nitrogen and oxygen atoms in total. The third-order valence-corrected chi connectivity index (χ3v) is 13.7. The van der Waals surface area contributed by atoms with E-state index in [9.17, 15) is 0 Å². The molecule has 0 unspecified atom stereocenters. The van der Waals surface area contributed by atoms with Crippen LogP contribution in [0.4, 0.5) is 17.1 Å². The summed E-state index contributed by atoms with van der Waals surface area (Å²) in [6, 6.07) is 55.7. The molecule has 0 spiro atoms. The summed E-state index contributed by atoms with van der Waals surface area (Å²) in [5.74, 6) is 0. The lowest BCUT2D eigenvalue weighted by molar-refractivity contribution is 0.552. The van der Waals surface area contributed by atoms with Crippen LogP contribution in [0.15, 0.2) is 146 Å². The predicted octanol–water partition coefficient (Wildman–Crippen LogP) is 13.3. The number of fused-ring (bicyclic) bond motifs is 7. The molecule has 0 amide bonds. The average Bonchev–Trinajstić information content (AvgIpc) is 3.55. The zero-order valence-corrected chi connectivity index (χ0v) is 37.3. The van der Waals surface area contributed by atoms with Gasteiger partial charge in [-0.2, -0.15) is 0 Å². The molecule has 3 heterocycles. The zero-order valence-electron chi connectivity index (χ0n) is 37.3. The Bertz CT molecular complexity index is 2960. The van der Waals surface area contributed by atoms with E-state index in [1.165, 1.54) is 99.9 Å². The van der Waals surface area contributed by atoms with Gasteiger partial charge in [-0.3, -0.25) is 0 Å². The number of aromatic nitrogens is 1. The fourth-order valence-corrected chi connectivity index (χ4v) is 10.5. The maximum absolute atomic E-state index is 2.56. The van der Waals surface area contributed by atoms with Gasteiger partial charge in [-0.15, -0.1) is 0 Å². The van der Waals surface area contributed by atoms with Crippen molar-refractivity contribution >= 4 is 62.0 Å². The molecule has 0 aliphatic carbocycles. The number of anilines is 3. The second-order valence-corrected chi connectivity index (χ2v) is 21.1. The van der Waals surface area contributed by atoms with E-state index >= 15 is 0 Å². The van der Waals surface area contributed by atoms with Crippen molar-refractivity contribution in [3.05, 3.63) is 173 Å². The van der Waals surface area contributed by atoms with Gasteiger partial charge in [0.25, 0.3) is 0 Å². The molecule has 7 aromatic carbocycles. The second kappa shape index (κ2) is 13.1. The fourth-order valence-electron chi connectivity index (χ4n) is 10.5. The Hall–Kier alpha value is -5.80. The molecule has 0 bridgehead atoms. The van der Waals surface area contributed by atoms with E-state index in [0.717, 1.165) is 0 Å². The third kappa shape index (κ3) is 5.83. The lowest BCUT2D eigenvalue weighted by Gasteiger charge is -2.48. The summed E-state index contributed by atoms with van der Waals surface area (Å²) in [6.07, 6.45) is 0. The minimum Gasteiger partial charge on any atom is -0.312 e.